The van der Waals surface area contributed by atoms with Crippen molar-refractivity contribution >= 4 is 0 Å². The van der Waals surface area contributed by atoms with Crippen LogP contribution in [0.1, 0.15) is 52.2 Å². The van der Waals surface area contributed by atoms with Crippen LogP contribution in [-0.4, -0.2) is 21.3 Å². The standard InChI is InChI=1S/C12H22N4/c1-11(2,3)9-14-10(16(5)15-9)12(4)7-6-8-13-12/h13H,6-8H2,1-5H3. The van der Waals surface area contributed by atoms with Crippen LogP contribution in [0.15, 0.2) is 0 Å². The van der Waals surface area contributed by atoms with Crippen molar-refractivity contribution in [1.82, 2.24) is 20.1 Å². The van der Waals surface area contributed by atoms with Crippen LogP contribution >= 0.6 is 0 Å². The van der Waals surface area contributed by atoms with Crippen molar-refractivity contribution in [3.05, 3.63) is 11.6 Å². The van der Waals surface area contributed by atoms with Crippen molar-refractivity contribution in [2.24, 2.45) is 7.05 Å². The molecule has 0 aromatic carbocycles. The molecular formula is C12H22N4. The van der Waals surface area contributed by atoms with Crippen molar-refractivity contribution in [1.29, 1.82) is 0 Å². The smallest absolute Gasteiger partial charge is 0.156 e. The summed E-state index contributed by atoms with van der Waals surface area (Å²) in [5.41, 5.74) is 0.0240. The third kappa shape index (κ3) is 1.86. The zero-order valence-electron chi connectivity index (χ0n) is 11.0. The van der Waals surface area contributed by atoms with E-state index in [4.69, 9.17) is 4.98 Å². The van der Waals surface area contributed by atoms with Gasteiger partial charge in [-0.25, -0.2) is 4.98 Å². The molecule has 90 valence electrons. The van der Waals surface area contributed by atoms with Crippen LogP contribution < -0.4 is 5.32 Å². The lowest BCUT2D eigenvalue weighted by atomic mass is 9.95. The largest absolute Gasteiger partial charge is 0.305 e. The van der Waals surface area contributed by atoms with Gasteiger partial charge in [0.25, 0.3) is 0 Å². The lowest BCUT2D eigenvalue weighted by molar-refractivity contribution is 0.388. The maximum atomic E-state index is 4.72. The average molecular weight is 222 g/mol. The van der Waals surface area contributed by atoms with E-state index in [0.29, 0.717) is 0 Å². The number of aryl methyl sites for hydroxylation is 1. The minimum atomic E-state index is 0.00521. The summed E-state index contributed by atoms with van der Waals surface area (Å²) in [5, 5.41) is 8.07. The number of nitrogens with zero attached hydrogens (tertiary/aromatic N) is 3. The van der Waals surface area contributed by atoms with Crippen molar-refractivity contribution < 1.29 is 0 Å². The van der Waals surface area contributed by atoms with Crippen LogP contribution in [0.25, 0.3) is 0 Å². The molecule has 0 saturated carbocycles. The number of rotatable bonds is 1. The monoisotopic (exact) mass is 222 g/mol. The van der Waals surface area contributed by atoms with Gasteiger partial charge in [0, 0.05) is 12.5 Å². The van der Waals surface area contributed by atoms with Crippen molar-refractivity contribution in [3.63, 3.8) is 0 Å². The molecule has 2 rings (SSSR count). The average Bonchev–Trinajstić information content (AvgIpc) is 2.71. The van der Waals surface area contributed by atoms with Gasteiger partial charge in [0.15, 0.2) is 5.82 Å². The highest BCUT2D eigenvalue weighted by molar-refractivity contribution is 5.12. The molecule has 1 aliphatic rings. The zero-order chi connectivity index (χ0) is 12.0. The second-order valence-electron chi connectivity index (χ2n) is 6.00. The van der Waals surface area contributed by atoms with Gasteiger partial charge in [-0.1, -0.05) is 20.8 Å². The first-order valence-corrected chi connectivity index (χ1v) is 6.00. The van der Waals surface area contributed by atoms with Crippen molar-refractivity contribution in [2.45, 2.75) is 51.5 Å². The van der Waals surface area contributed by atoms with Gasteiger partial charge in [-0.05, 0) is 26.3 Å². The molecule has 1 saturated heterocycles. The molecule has 0 bridgehead atoms. The molecule has 1 aromatic rings. The molecule has 1 aromatic heterocycles. The summed E-state index contributed by atoms with van der Waals surface area (Å²) >= 11 is 0. The first kappa shape index (κ1) is 11.6. The Kier molecular flexibility index (Phi) is 2.57. The third-order valence-corrected chi connectivity index (χ3v) is 3.30. The molecule has 4 heteroatoms. The molecule has 0 radical (unpaired) electrons. The second kappa shape index (κ2) is 3.55. The molecule has 0 amide bonds. The lowest BCUT2D eigenvalue weighted by Gasteiger charge is -2.22. The van der Waals surface area contributed by atoms with Gasteiger partial charge in [-0.3, -0.25) is 4.68 Å². The summed E-state index contributed by atoms with van der Waals surface area (Å²) in [6, 6.07) is 0. The summed E-state index contributed by atoms with van der Waals surface area (Å²) in [7, 11) is 1.99. The molecule has 1 N–H and O–H groups in total. The summed E-state index contributed by atoms with van der Waals surface area (Å²) in [6.07, 6.45) is 2.36. The summed E-state index contributed by atoms with van der Waals surface area (Å²) in [6.45, 7) is 9.74. The fourth-order valence-corrected chi connectivity index (χ4v) is 2.27. The van der Waals surface area contributed by atoms with E-state index in [9.17, 15) is 0 Å². The molecule has 2 heterocycles. The van der Waals surface area contributed by atoms with Gasteiger partial charge in [-0.2, -0.15) is 5.10 Å². The zero-order valence-corrected chi connectivity index (χ0v) is 11.0. The molecule has 16 heavy (non-hydrogen) atoms. The summed E-state index contributed by atoms with van der Waals surface area (Å²) < 4.78 is 1.93. The van der Waals surface area contributed by atoms with Gasteiger partial charge in [0.2, 0.25) is 0 Å². The molecule has 1 atom stereocenters. The number of nitrogens with one attached hydrogen (secondary N) is 1. The topological polar surface area (TPSA) is 42.7 Å². The van der Waals surface area contributed by atoms with Gasteiger partial charge in [0.1, 0.15) is 5.82 Å². The maximum absolute atomic E-state index is 4.72. The third-order valence-electron chi connectivity index (χ3n) is 3.30. The van der Waals surface area contributed by atoms with E-state index >= 15 is 0 Å². The molecule has 0 aliphatic carbocycles. The molecule has 4 nitrogen and oxygen atoms in total. The molecule has 1 aliphatic heterocycles. The fourth-order valence-electron chi connectivity index (χ4n) is 2.27. The van der Waals surface area contributed by atoms with Crippen molar-refractivity contribution in [2.75, 3.05) is 6.54 Å². The van der Waals surface area contributed by atoms with E-state index in [0.717, 1.165) is 24.6 Å². The Bertz CT molecular complexity index is 380. The Balaban J connectivity index is 2.39. The Morgan fingerprint density at radius 1 is 1.38 bits per heavy atom. The SMILES string of the molecule is Cn1nc(C(C)(C)C)nc1C1(C)CCCN1. The molecule has 1 fully saturated rings. The van der Waals surface area contributed by atoms with Gasteiger partial charge >= 0.3 is 0 Å². The first-order chi connectivity index (χ1) is 7.33. The first-order valence-electron chi connectivity index (χ1n) is 6.00. The highest BCUT2D eigenvalue weighted by Gasteiger charge is 2.35. The predicted molar refractivity (Wildman–Crippen MR) is 64.3 cm³/mol. The second-order valence-corrected chi connectivity index (χ2v) is 6.00. The summed E-state index contributed by atoms with van der Waals surface area (Å²) in [4.78, 5) is 4.72. The number of hydrogen-bond acceptors (Lipinski definition) is 3. The Hall–Kier alpha value is -0.900. The minimum absolute atomic E-state index is 0.00521. The van der Waals surface area contributed by atoms with Crippen LogP contribution in [0.3, 0.4) is 0 Å². The van der Waals surface area contributed by atoms with Gasteiger partial charge in [0.05, 0.1) is 5.54 Å². The fraction of sp³-hybridized carbons (Fsp3) is 0.833. The lowest BCUT2D eigenvalue weighted by Crippen LogP contribution is -2.36. The van der Waals surface area contributed by atoms with E-state index in [1.807, 2.05) is 11.7 Å². The van der Waals surface area contributed by atoms with Crippen LogP contribution in [0, 0.1) is 0 Å². The highest BCUT2D eigenvalue weighted by atomic mass is 15.4. The highest BCUT2D eigenvalue weighted by Crippen LogP contribution is 2.30. The van der Waals surface area contributed by atoms with Gasteiger partial charge < -0.3 is 5.32 Å². The Labute approximate surface area is 97.5 Å². The van der Waals surface area contributed by atoms with Crippen LogP contribution in [0.2, 0.25) is 0 Å². The van der Waals surface area contributed by atoms with E-state index < -0.39 is 0 Å². The van der Waals surface area contributed by atoms with Crippen molar-refractivity contribution in [3.8, 4) is 0 Å². The van der Waals surface area contributed by atoms with Crippen LogP contribution in [0.4, 0.5) is 0 Å². The quantitative estimate of drug-likeness (QED) is 0.786. The molecular weight excluding hydrogens is 200 g/mol. The number of aromatic nitrogens is 3. The summed E-state index contributed by atoms with van der Waals surface area (Å²) in [5.74, 6) is 2.00. The van der Waals surface area contributed by atoms with E-state index in [1.54, 1.807) is 0 Å². The molecule has 1 unspecified atom stereocenters. The van der Waals surface area contributed by atoms with Gasteiger partial charge in [-0.15, -0.1) is 0 Å². The van der Waals surface area contributed by atoms with Crippen LogP contribution in [0.5, 0.6) is 0 Å². The maximum Gasteiger partial charge on any atom is 0.156 e. The number of hydrogen-bond donors (Lipinski definition) is 1. The van der Waals surface area contributed by atoms with E-state index in [2.05, 4.69) is 38.1 Å². The minimum Gasteiger partial charge on any atom is -0.305 e. The van der Waals surface area contributed by atoms with E-state index in [-0.39, 0.29) is 11.0 Å². The predicted octanol–water partition coefficient (Wildman–Crippen LogP) is 1.71. The van der Waals surface area contributed by atoms with E-state index in [1.165, 1.54) is 6.42 Å². The molecule has 0 spiro atoms. The Morgan fingerprint density at radius 2 is 2.06 bits per heavy atom. The Morgan fingerprint density at radius 3 is 2.50 bits per heavy atom. The normalized spacial score (nSPS) is 26.3. The van der Waals surface area contributed by atoms with Crippen LogP contribution in [-0.2, 0) is 18.0 Å².